The first-order valence-electron chi connectivity index (χ1n) is 8.87. The van der Waals surface area contributed by atoms with E-state index in [1.54, 1.807) is 27.3 Å². The average molecular weight is 376 g/mol. The lowest BCUT2D eigenvalue weighted by Crippen LogP contribution is -2.33. The molecule has 1 amide bonds. The summed E-state index contributed by atoms with van der Waals surface area (Å²) in [5.41, 5.74) is 2.26. The van der Waals surface area contributed by atoms with E-state index in [0.717, 1.165) is 17.8 Å². The number of fused-ring (bicyclic) bond motifs is 1. The fourth-order valence-corrected chi connectivity index (χ4v) is 3.20. The number of hydrogen-bond acceptors (Lipinski definition) is 5. The first kappa shape index (κ1) is 19.3. The van der Waals surface area contributed by atoms with Crippen molar-refractivity contribution in [3.63, 3.8) is 0 Å². The minimum Gasteiger partial charge on any atom is -0.496 e. The standard InChI is InChI=1S/C19H25FN4O3/c1-22(2)19(26)10-17(25)16-9-15-12-23(6-7-24(15)21-16)11-13-8-14(20)4-5-18(13)27-3/h4-5,8-9,17,25H,6-7,10-12H2,1-3H3/t17-/m1/s1. The number of aliphatic hydroxyl groups is 1. The molecule has 146 valence electrons. The fraction of sp³-hybridized carbons (Fsp3) is 0.474. The highest BCUT2D eigenvalue weighted by molar-refractivity contribution is 5.76. The highest BCUT2D eigenvalue weighted by Crippen LogP contribution is 2.25. The molecule has 0 aliphatic carbocycles. The van der Waals surface area contributed by atoms with E-state index < -0.39 is 6.10 Å². The van der Waals surface area contributed by atoms with Crippen molar-refractivity contribution in [1.82, 2.24) is 19.6 Å². The van der Waals surface area contributed by atoms with Crippen LogP contribution in [0.15, 0.2) is 24.3 Å². The number of benzene rings is 1. The predicted octanol–water partition coefficient (Wildman–Crippen LogP) is 1.56. The number of amides is 1. The summed E-state index contributed by atoms with van der Waals surface area (Å²) in [4.78, 5) is 15.4. The van der Waals surface area contributed by atoms with Gasteiger partial charge in [0.05, 0.1) is 31.5 Å². The van der Waals surface area contributed by atoms with Gasteiger partial charge in [-0.05, 0) is 24.3 Å². The maximum atomic E-state index is 13.6. The summed E-state index contributed by atoms with van der Waals surface area (Å²) in [6.45, 7) is 2.60. The number of rotatable bonds is 6. The van der Waals surface area contributed by atoms with Gasteiger partial charge < -0.3 is 14.7 Å². The molecule has 2 aromatic rings. The molecule has 8 heteroatoms. The number of aliphatic hydroxyl groups excluding tert-OH is 1. The molecule has 0 saturated heterocycles. The first-order chi connectivity index (χ1) is 12.9. The Morgan fingerprint density at radius 1 is 1.37 bits per heavy atom. The third-order valence-electron chi connectivity index (χ3n) is 4.74. The second-order valence-electron chi connectivity index (χ2n) is 6.96. The topological polar surface area (TPSA) is 70.8 Å². The van der Waals surface area contributed by atoms with E-state index in [-0.39, 0.29) is 18.1 Å². The first-order valence-corrected chi connectivity index (χ1v) is 8.87. The summed E-state index contributed by atoms with van der Waals surface area (Å²) in [5, 5.41) is 14.7. The van der Waals surface area contributed by atoms with E-state index in [4.69, 9.17) is 4.74 Å². The van der Waals surface area contributed by atoms with Gasteiger partial charge in [-0.1, -0.05) is 0 Å². The molecule has 3 rings (SSSR count). The summed E-state index contributed by atoms with van der Waals surface area (Å²) in [7, 11) is 4.89. The second-order valence-corrected chi connectivity index (χ2v) is 6.96. The van der Waals surface area contributed by atoms with Gasteiger partial charge in [-0.15, -0.1) is 0 Å². The number of nitrogens with zero attached hydrogens (tertiary/aromatic N) is 4. The molecule has 27 heavy (non-hydrogen) atoms. The van der Waals surface area contributed by atoms with Crippen LogP contribution in [0.2, 0.25) is 0 Å². The Bertz CT molecular complexity index is 821. The highest BCUT2D eigenvalue weighted by Gasteiger charge is 2.23. The SMILES string of the molecule is COc1ccc(F)cc1CN1CCn2nc([C@H](O)CC(=O)N(C)C)cc2C1. The highest BCUT2D eigenvalue weighted by atomic mass is 19.1. The van der Waals surface area contributed by atoms with Crippen LogP contribution in [0.4, 0.5) is 4.39 Å². The smallest absolute Gasteiger partial charge is 0.225 e. The number of halogens is 1. The van der Waals surface area contributed by atoms with Gasteiger partial charge in [0.1, 0.15) is 17.7 Å². The van der Waals surface area contributed by atoms with Crippen molar-refractivity contribution < 1.29 is 19.0 Å². The molecule has 0 saturated carbocycles. The van der Waals surface area contributed by atoms with Crippen molar-refractivity contribution in [2.45, 2.75) is 32.2 Å². The maximum absolute atomic E-state index is 13.6. The molecule has 7 nitrogen and oxygen atoms in total. The molecule has 0 bridgehead atoms. The van der Waals surface area contributed by atoms with Gasteiger partial charge in [-0.3, -0.25) is 14.4 Å². The molecular weight excluding hydrogens is 351 g/mol. The fourth-order valence-electron chi connectivity index (χ4n) is 3.20. The summed E-state index contributed by atoms with van der Waals surface area (Å²) in [6, 6.07) is 6.35. The Hall–Kier alpha value is -2.45. The normalized spacial score (nSPS) is 15.3. The number of methoxy groups -OCH3 is 1. The van der Waals surface area contributed by atoms with Crippen LogP contribution in [0.3, 0.4) is 0 Å². The molecule has 1 aromatic heterocycles. The molecular formula is C19H25FN4O3. The molecule has 0 unspecified atom stereocenters. The van der Waals surface area contributed by atoms with Gasteiger partial charge >= 0.3 is 0 Å². The molecule has 1 aliphatic heterocycles. The Balaban J connectivity index is 1.69. The molecule has 0 spiro atoms. The van der Waals surface area contributed by atoms with Crippen LogP contribution in [-0.2, 0) is 24.4 Å². The monoisotopic (exact) mass is 376 g/mol. The van der Waals surface area contributed by atoms with Gasteiger partial charge in [-0.2, -0.15) is 5.10 Å². The Kier molecular flexibility index (Phi) is 5.76. The third-order valence-corrected chi connectivity index (χ3v) is 4.74. The van der Waals surface area contributed by atoms with Crippen molar-refractivity contribution >= 4 is 5.91 Å². The van der Waals surface area contributed by atoms with E-state index in [9.17, 15) is 14.3 Å². The Morgan fingerprint density at radius 2 is 2.15 bits per heavy atom. The molecule has 1 aliphatic rings. The quantitative estimate of drug-likeness (QED) is 0.829. The van der Waals surface area contributed by atoms with Gasteiger partial charge in [0.15, 0.2) is 0 Å². The zero-order chi connectivity index (χ0) is 19.6. The average Bonchev–Trinajstić information content (AvgIpc) is 3.05. The van der Waals surface area contributed by atoms with E-state index >= 15 is 0 Å². The molecule has 0 fully saturated rings. The van der Waals surface area contributed by atoms with Crippen molar-refractivity contribution in [2.75, 3.05) is 27.7 Å². The van der Waals surface area contributed by atoms with Crippen LogP contribution in [0, 0.1) is 5.82 Å². The Morgan fingerprint density at radius 3 is 2.85 bits per heavy atom. The van der Waals surface area contributed by atoms with E-state index in [1.807, 2.05) is 10.7 Å². The number of hydrogen-bond donors (Lipinski definition) is 1. The lowest BCUT2D eigenvalue weighted by molar-refractivity contribution is -0.130. The summed E-state index contributed by atoms with van der Waals surface area (Å²) in [5.74, 6) is 0.228. The minimum atomic E-state index is -0.922. The van der Waals surface area contributed by atoms with Gasteiger partial charge in [0.2, 0.25) is 5.91 Å². The largest absolute Gasteiger partial charge is 0.496 e. The molecule has 1 atom stereocenters. The summed E-state index contributed by atoms with van der Waals surface area (Å²) < 4.78 is 20.8. The van der Waals surface area contributed by atoms with Crippen molar-refractivity contribution in [1.29, 1.82) is 0 Å². The van der Waals surface area contributed by atoms with Crippen LogP contribution < -0.4 is 4.74 Å². The van der Waals surface area contributed by atoms with Crippen molar-refractivity contribution in [3.05, 3.63) is 47.0 Å². The van der Waals surface area contributed by atoms with Gasteiger partial charge in [-0.25, -0.2) is 4.39 Å². The van der Waals surface area contributed by atoms with Crippen LogP contribution in [0.1, 0.15) is 29.5 Å². The predicted molar refractivity (Wildman–Crippen MR) is 97.6 cm³/mol. The van der Waals surface area contributed by atoms with Gasteiger partial charge in [0, 0.05) is 39.3 Å². The zero-order valence-electron chi connectivity index (χ0n) is 15.9. The van der Waals surface area contributed by atoms with Crippen LogP contribution in [-0.4, -0.2) is 58.3 Å². The number of carbonyl (C=O) groups is 1. The van der Waals surface area contributed by atoms with E-state index in [1.165, 1.54) is 17.0 Å². The van der Waals surface area contributed by atoms with Crippen LogP contribution >= 0.6 is 0 Å². The van der Waals surface area contributed by atoms with Crippen LogP contribution in [0.25, 0.3) is 0 Å². The minimum absolute atomic E-state index is 0.00760. The molecule has 1 aromatic carbocycles. The zero-order valence-corrected chi connectivity index (χ0v) is 15.9. The van der Waals surface area contributed by atoms with E-state index in [2.05, 4.69) is 10.00 Å². The number of aromatic nitrogens is 2. The second kappa shape index (κ2) is 8.06. The summed E-state index contributed by atoms with van der Waals surface area (Å²) >= 11 is 0. The Labute approximate surface area is 157 Å². The third kappa shape index (κ3) is 4.45. The lowest BCUT2D eigenvalue weighted by atomic mass is 10.1. The van der Waals surface area contributed by atoms with Crippen LogP contribution in [0.5, 0.6) is 5.75 Å². The van der Waals surface area contributed by atoms with Crippen molar-refractivity contribution in [3.8, 4) is 5.75 Å². The van der Waals surface area contributed by atoms with Crippen molar-refractivity contribution in [2.24, 2.45) is 0 Å². The van der Waals surface area contributed by atoms with Gasteiger partial charge in [0.25, 0.3) is 0 Å². The lowest BCUT2D eigenvalue weighted by Gasteiger charge is -2.28. The number of carbonyl (C=O) groups excluding carboxylic acids is 1. The van der Waals surface area contributed by atoms with E-state index in [0.29, 0.717) is 31.1 Å². The molecule has 2 heterocycles. The molecule has 1 N–H and O–H groups in total. The molecule has 0 radical (unpaired) electrons. The summed E-state index contributed by atoms with van der Waals surface area (Å²) in [6.07, 6.45) is -0.914. The number of ether oxygens (including phenoxy) is 1. The maximum Gasteiger partial charge on any atom is 0.225 e.